The van der Waals surface area contributed by atoms with E-state index in [1.54, 1.807) is 16.8 Å². The van der Waals surface area contributed by atoms with Crippen molar-refractivity contribution in [1.82, 2.24) is 19.7 Å². The van der Waals surface area contributed by atoms with Gasteiger partial charge in [-0.25, -0.2) is 9.07 Å². The summed E-state index contributed by atoms with van der Waals surface area (Å²) in [6.45, 7) is 2.82. The summed E-state index contributed by atoms with van der Waals surface area (Å²) in [5.74, 6) is -0.253. The molecule has 0 spiro atoms. The molecule has 5 rings (SSSR count). The largest absolute Gasteiger partial charge is 0.299 e. The van der Waals surface area contributed by atoms with Crippen molar-refractivity contribution in [2.45, 2.75) is 38.3 Å². The third kappa shape index (κ3) is 4.86. The summed E-state index contributed by atoms with van der Waals surface area (Å²) < 4.78 is 15.1. The highest BCUT2D eigenvalue weighted by molar-refractivity contribution is 5.83. The van der Waals surface area contributed by atoms with Crippen LogP contribution in [0.3, 0.4) is 0 Å². The molecule has 1 saturated heterocycles. The first-order chi connectivity index (χ1) is 16.2. The van der Waals surface area contributed by atoms with Crippen LogP contribution in [-0.2, 0) is 13.0 Å². The van der Waals surface area contributed by atoms with Gasteiger partial charge in [0.05, 0.1) is 17.1 Å². The minimum atomic E-state index is -0.253. The van der Waals surface area contributed by atoms with Crippen molar-refractivity contribution in [3.63, 3.8) is 0 Å². The van der Waals surface area contributed by atoms with E-state index in [0.29, 0.717) is 11.8 Å². The van der Waals surface area contributed by atoms with Gasteiger partial charge in [-0.2, -0.15) is 5.10 Å². The van der Waals surface area contributed by atoms with Gasteiger partial charge in [0.1, 0.15) is 5.82 Å². The summed E-state index contributed by atoms with van der Waals surface area (Å²) in [6, 6.07) is 18.4. The van der Waals surface area contributed by atoms with Gasteiger partial charge < -0.3 is 0 Å². The molecule has 4 aromatic rings. The Morgan fingerprint density at radius 3 is 2.42 bits per heavy atom. The Kier molecular flexibility index (Phi) is 6.26. The van der Waals surface area contributed by atoms with Gasteiger partial charge in [-0.15, -0.1) is 0 Å². The quantitative estimate of drug-likeness (QED) is 0.448. The molecule has 1 aliphatic rings. The Balaban J connectivity index is 1.43. The molecule has 0 N–H and O–H groups in total. The molecule has 0 saturated carbocycles. The molecular weight excluding hydrogens is 415 g/mol. The minimum absolute atomic E-state index is 0.0268. The summed E-state index contributed by atoms with van der Waals surface area (Å²) in [6.07, 6.45) is 7.04. The van der Waals surface area contributed by atoms with Crippen LogP contribution in [0.25, 0.3) is 10.8 Å². The molecule has 3 heterocycles. The second kappa shape index (κ2) is 9.63. The van der Waals surface area contributed by atoms with Gasteiger partial charge in [0.2, 0.25) is 0 Å². The number of hydrogen-bond donors (Lipinski definition) is 0. The molecule has 5 nitrogen and oxygen atoms in total. The topological polar surface area (TPSA) is 51.0 Å². The molecule has 0 radical (unpaired) electrons. The number of rotatable bonds is 5. The van der Waals surface area contributed by atoms with E-state index in [2.05, 4.69) is 22.0 Å². The van der Waals surface area contributed by atoms with Gasteiger partial charge in [0, 0.05) is 37.3 Å². The van der Waals surface area contributed by atoms with E-state index in [1.165, 1.54) is 17.7 Å². The van der Waals surface area contributed by atoms with Crippen molar-refractivity contribution in [1.29, 1.82) is 0 Å². The van der Waals surface area contributed by atoms with E-state index in [1.807, 2.05) is 36.7 Å². The fourth-order valence-corrected chi connectivity index (χ4v) is 4.73. The maximum Gasteiger partial charge on any atom is 0.274 e. The molecule has 2 aromatic carbocycles. The molecule has 2 aromatic heterocycles. The number of pyridine rings is 1. The highest BCUT2D eigenvalue weighted by Gasteiger charge is 2.22. The zero-order valence-corrected chi connectivity index (χ0v) is 18.5. The van der Waals surface area contributed by atoms with E-state index in [9.17, 15) is 9.18 Å². The second-order valence-corrected chi connectivity index (χ2v) is 8.76. The average Bonchev–Trinajstić information content (AvgIpc) is 3.08. The predicted octanol–water partition coefficient (Wildman–Crippen LogP) is 4.75. The number of hydrogen-bond acceptors (Lipinski definition) is 4. The van der Waals surface area contributed by atoms with Gasteiger partial charge in [0.25, 0.3) is 5.56 Å². The third-order valence-electron chi connectivity index (χ3n) is 6.48. The van der Waals surface area contributed by atoms with Crippen LogP contribution in [0.5, 0.6) is 0 Å². The average molecular weight is 443 g/mol. The van der Waals surface area contributed by atoms with Gasteiger partial charge >= 0.3 is 0 Å². The first-order valence-electron chi connectivity index (χ1n) is 11.5. The second-order valence-electron chi connectivity index (χ2n) is 8.76. The maximum atomic E-state index is 13.4. The lowest BCUT2D eigenvalue weighted by molar-refractivity contribution is 0.270. The molecular formula is C27H27FN4O. The van der Waals surface area contributed by atoms with E-state index in [0.717, 1.165) is 55.5 Å². The SMILES string of the molecule is O=c1c2ccccc2c(Cc2ccc(F)cc2)nn1C1CCCN(Cc2ccncc2)CC1. The monoisotopic (exact) mass is 442 g/mol. The van der Waals surface area contributed by atoms with Crippen LogP contribution in [0.1, 0.15) is 42.1 Å². The van der Waals surface area contributed by atoms with Crippen molar-refractivity contribution < 1.29 is 4.39 Å². The van der Waals surface area contributed by atoms with Crippen molar-refractivity contribution in [3.8, 4) is 0 Å². The Morgan fingerprint density at radius 2 is 1.64 bits per heavy atom. The summed E-state index contributed by atoms with van der Waals surface area (Å²) in [5.41, 5.74) is 3.06. The maximum absolute atomic E-state index is 13.4. The number of benzene rings is 2. The molecule has 168 valence electrons. The Morgan fingerprint density at radius 1 is 0.879 bits per heavy atom. The summed E-state index contributed by atoms with van der Waals surface area (Å²) in [4.78, 5) is 19.9. The number of nitrogens with zero attached hydrogens (tertiary/aromatic N) is 4. The zero-order chi connectivity index (χ0) is 22.6. The van der Waals surface area contributed by atoms with Crippen LogP contribution in [-0.4, -0.2) is 32.8 Å². The lowest BCUT2D eigenvalue weighted by atomic mass is 10.0. The summed E-state index contributed by atoms with van der Waals surface area (Å²) in [5, 5.41) is 6.44. The Hall–Kier alpha value is -3.38. The molecule has 1 aliphatic heterocycles. The molecule has 0 bridgehead atoms. The molecule has 1 unspecified atom stereocenters. The van der Waals surface area contributed by atoms with Crippen molar-refractivity contribution in [3.05, 3.63) is 106 Å². The normalized spacial score (nSPS) is 17.2. The lowest BCUT2D eigenvalue weighted by Gasteiger charge is -2.21. The lowest BCUT2D eigenvalue weighted by Crippen LogP contribution is -2.30. The van der Waals surface area contributed by atoms with Gasteiger partial charge in [-0.05, 0) is 67.3 Å². The van der Waals surface area contributed by atoms with Crippen molar-refractivity contribution >= 4 is 10.8 Å². The number of likely N-dealkylation sites (tertiary alicyclic amines) is 1. The summed E-state index contributed by atoms with van der Waals surface area (Å²) >= 11 is 0. The van der Waals surface area contributed by atoms with Crippen LogP contribution in [0.2, 0.25) is 0 Å². The number of halogens is 1. The summed E-state index contributed by atoms with van der Waals surface area (Å²) in [7, 11) is 0. The van der Waals surface area contributed by atoms with Crippen molar-refractivity contribution in [2.24, 2.45) is 0 Å². The third-order valence-corrected chi connectivity index (χ3v) is 6.48. The number of aromatic nitrogens is 3. The first-order valence-corrected chi connectivity index (χ1v) is 11.5. The minimum Gasteiger partial charge on any atom is -0.299 e. The molecule has 33 heavy (non-hydrogen) atoms. The van der Waals surface area contributed by atoms with Crippen LogP contribution in [0.4, 0.5) is 4.39 Å². The van der Waals surface area contributed by atoms with Crippen LogP contribution in [0.15, 0.2) is 77.9 Å². The molecule has 1 atom stereocenters. The molecule has 0 aliphatic carbocycles. The van der Waals surface area contributed by atoms with Gasteiger partial charge in [-0.1, -0.05) is 30.3 Å². The van der Waals surface area contributed by atoms with Crippen LogP contribution >= 0.6 is 0 Å². The fraction of sp³-hybridized carbons (Fsp3) is 0.296. The van der Waals surface area contributed by atoms with Crippen LogP contribution < -0.4 is 5.56 Å². The smallest absolute Gasteiger partial charge is 0.274 e. The van der Waals surface area contributed by atoms with E-state index in [-0.39, 0.29) is 17.4 Å². The predicted molar refractivity (Wildman–Crippen MR) is 128 cm³/mol. The van der Waals surface area contributed by atoms with E-state index >= 15 is 0 Å². The molecule has 6 heteroatoms. The van der Waals surface area contributed by atoms with Gasteiger partial charge in [-0.3, -0.25) is 14.7 Å². The first kappa shape index (κ1) is 21.5. The van der Waals surface area contributed by atoms with Crippen molar-refractivity contribution in [2.75, 3.05) is 13.1 Å². The van der Waals surface area contributed by atoms with E-state index in [4.69, 9.17) is 5.10 Å². The zero-order valence-electron chi connectivity index (χ0n) is 18.5. The highest BCUT2D eigenvalue weighted by atomic mass is 19.1. The molecule has 1 fully saturated rings. The number of fused-ring (bicyclic) bond motifs is 1. The Labute approximate surface area is 192 Å². The van der Waals surface area contributed by atoms with E-state index < -0.39 is 0 Å². The fourth-order valence-electron chi connectivity index (χ4n) is 4.73. The van der Waals surface area contributed by atoms with Gasteiger partial charge in [0.15, 0.2) is 0 Å². The Bertz CT molecular complexity index is 1290. The van der Waals surface area contributed by atoms with Crippen LogP contribution in [0, 0.1) is 5.82 Å². The molecule has 0 amide bonds. The highest BCUT2D eigenvalue weighted by Crippen LogP contribution is 2.24. The standard InChI is InChI=1S/C27H27FN4O/c28-22-9-7-20(8-10-22)18-26-24-5-1-2-6-25(24)27(33)32(30-26)23-4-3-16-31(17-13-23)19-21-11-14-29-15-12-21/h1-2,5-12,14-15,23H,3-4,13,16-19H2.